The molecule has 0 unspecified atom stereocenters. The van der Waals surface area contributed by atoms with Gasteiger partial charge in [0, 0.05) is 42.4 Å². The van der Waals surface area contributed by atoms with Gasteiger partial charge in [-0.15, -0.1) is 0 Å². The molecule has 2 fully saturated rings. The van der Waals surface area contributed by atoms with Crippen LogP contribution in [0.1, 0.15) is 59.1 Å². The van der Waals surface area contributed by atoms with Crippen LogP contribution in [-0.2, 0) is 0 Å². The van der Waals surface area contributed by atoms with Crippen molar-refractivity contribution in [2.75, 3.05) is 18.0 Å². The molecule has 0 spiro atoms. The number of amides is 1. The van der Waals surface area contributed by atoms with Crippen molar-refractivity contribution in [2.24, 2.45) is 0 Å². The number of piperidine rings is 1. The van der Waals surface area contributed by atoms with Crippen LogP contribution in [0.3, 0.4) is 0 Å². The molecular weight excluding hydrogens is 334 g/mol. The molecule has 8 heteroatoms. The first-order valence-electron chi connectivity index (χ1n) is 9.11. The largest absolute Gasteiger partial charge is 0.360 e. The number of aromatic amines is 1. The Balaban J connectivity index is 1.34. The molecule has 138 valence electrons. The van der Waals surface area contributed by atoms with Gasteiger partial charge in [-0.2, -0.15) is 0 Å². The predicted molar refractivity (Wildman–Crippen MR) is 95.5 cm³/mol. The molecule has 2 aromatic heterocycles. The summed E-state index contributed by atoms with van der Waals surface area (Å²) in [4.78, 5) is 33.6. The van der Waals surface area contributed by atoms with Crippen molar-refractivity contribution in [3.8, 4) is 0 Å². The maximum absolute atomic E-state index is 12.3. The summed E-state index contributed by atoms with van der Waals surface area (Å²) in [7, 11) is 0. The van der Waals surface area contributed by atoms with Crippen LogP contribution in [0.2, 0.25) is 0 Å². The van der Waals surface area contributed by atoms with E-state index in [1.807, 2.05) is 6.92 Å². The predicted octanol–water partition coefficient (Wildman–Crippen LogP) is 1.65. The van der Waals surface area contributed by atoms with Crippen LogP contribution in [0.4, 0.5) is 5.95 Å². The van der Waals surface area contributed by atoms with Crippen molar-refractivity contribution in [3.63, 3.8) is 0 Å². The highest BCUT2D eigenvalue weighted by Gasteiger charge is 2.29. The van der Waals surface area contributed by atoms with Crippen LogP contribution in [0.15, 0.2) is 15.4 Å². The number of nitrogens with zero attached hydrogens (tertiary/aromatic N) is 3. The minimum absolute atomic E-state index is 0.0816. The molecule has 2 aromatic rings. The first-order valence-corrected chi connectivity index (χ1v) is 9.11. The molecule has 0 aromatic carbocycles. The van der Waals surface area contributed by atoms with E-state index in [4.69, 9.17) is 4.52 Å². The average Bonchev–Trinajstić information content (AvgIpc) is 3.36. The van der Waals surface area contributed by atoms with E-state index >= 15 is 0 Å². The van der Waals surface area contributed by atoms with E-state index in [0.717, 1.165) is 50.2 Å². The van der Waals surface area contributed by atoms with Gasteiger partial charge in [-0.25, -0.2) is 4.98 Å². The molecule has 1 aliphatic heterocycles. The summed E-state index contributed by atoms with van der Waals surface area (Å²) in [5, 5.41) is 6.92. The lowest BCUT2D eigenvalue weighted by atomic mass is 10.1. The van der Waals surface area contributed by atoms with E-state index in [1.165, 1.54) is 0 Å². The van der Waals surface area contributed by atoms with Gasteiger partial charge in [0.1, 0.15) is 5.76 Å². The third kappa shape index (κ3) is 3.36. The fourth-order valence-electron chi connectivity index (χ4n) is 3.23. The third-order valence-corrected chi connectivity index (χ3v) is 5.25. The lowest BCUT2D eigenvalue weighted by Crippen LogP contribution is -2.45. The first kappa shape index (κ1) is 16.8. The van der Waals surface area contributed by atoms with Gasteiger partial charge < -0.3 is 14.7 Å². The number of nitrogens with one attached hydrogen (secondary N) is 2. The molecule has 26 heavy (non-hydrogen) atoms. The molecule has 1 amide bonds. The molecule has 0 atom stereocenters. The molecule has 0 radical (unpaired) electrons. The highest BCUT2D eigenvalue weighted by atomic mass is 16.5. The quantitative estimate of drug-likeness (QED) is 0.862. The Hall–Kier alpha value is -2.64. The van der Waals surface area contributed by atoms with E-state index in [-0.39, 0.29) is 17.5 Å². The topological polar surface area (TPSA) is 104 Å². The van der Waals surface area contributed by atoms with Crippen molar-refractivity contribution < 1.29 is 9.32 Å². The maximum Gasteiger partial charge on any atom is 0.273 e. The van der Waals surface area contributed by atoms with Crippen LogP contribution >= 0.6 is 0 Å². The Morgan fingerprint density at radius 1 is 1.27 bits per heavy atom. The van der Waals surface area contributed by atoms with Gasteiger partial charge in [-0.3, -0.25) is 14.6 Å². The fourth-order valence-corrected chi connectivity index (χ4v) is 3.23. The normalized spacial score (nSPS) is 18.2. The summed E-state index contributed by atoms with van der Waals surface area (Å²) >= 11 is 0. The molecular formula is C18H23N5O3. The summed E-state index contributed by atoms with van der Waals surface area (Å²) in [5.41, 5.74) is 1.65. The summed E-state index contributed by atoms with van der Waals surface area (Å²) in [5.74, 6) is 1.68. The number of carbonyl (C=O) groups is 1. The number of anilines is 1. The average molecular weight is 357 g/mol. The minimum Gasteiger partial charge on any atom is -0.360 e. The standard InChI is InChI=1S/C18H23N5O3/c1-10-11(2)19-18(21-16(10)24)23-7-5-13(6-8-23)20-17(25)14-9-15(26-22-14)12-3-4-12/h9,12-13H,3-8H2,1-2H3,(H,20,25)(H,19,21,24). The Bertz CT molecular complexity index is 875. The monoisotopic (exact) mass is 357 g/mol. The summed E-state index contributed by atoms with van der Waals surface area (Å²) in [6.07, 6.45) is 3.80. The molecule has 1 saturated heterocycles. The molecule has 8 nitrogen and oxygen atoms in total. The van der Waals surface area contributed by atoms with Crippen LogP contribution in [0, 0.1) is 13.8 Å². The van der Waals surface area contributed by atoms with Crippen LogP contribution in [0.5, 0.6) is 0 Å². The van der Waals surface area contributed by atoms with E-state index in [2.05, 4.69) is 25.3 Å². The maximum atomic E-state index is 12.3. The van der Waals surface area contributed by atoms with Crippen molar-refractivity contribution in [3.05, 3.63) is 39.1 Å². The zero-order valence-electron chi connectivity index (χ0n) is 15.0. The second-order valence-electron chi connectivity index (χ2n) is 7.22. The van der Waals surface area contributed by atoms with Crippen LogP contribution in [0.25, 0.3) is 0 Å². The van der Waals surface area contributed by atoms with Crippen molar-refractivity contribution >= 4 is 11.9 Å². The molecule has 2 N–H and O–H groups in total. The highest BCUT2D eigenvalue weighted by molar-refractivity contribution is 5.92. The Kier molecular flexibility index (Phi) is 4.26. The Morgan fingerprint density at radius 2 is 2.00 bits per heavy atom. The molecule has 1 aliphatic carbocycles. The van der Waals surface area contributed by atoms with Gasteiger partial charge >= 0.3 is 0 Å². The van der Waals surface area contributed by atoms with E-state index in [9.17, 15) is 9.59 Å². The number of H-pyrrole nitrogens is 1. The molecule has 1 saturated carbocycles. The lowest BCUT2D eigenvalue weighted by Gasteiger charge is -2.32. The SMILES string of the molecule is Cc1nc(N2CCC(NC(=O)c3cc(C4CC4)on3)CC2)[nH]c(=O)c1C. The lowest BCUT2D eigenvalue weighted by molar-refractivity contribution is 0.0922. The van der Waals surface area contributed by atoms with Gasteiger partial charge in [0.15, 0.2) is 5.69 Å². The third-order valence-electron chi connectivity index (χ3n) is 5.25. The van der Waals surface area contributed by atoms with Gasteiger partial charge in [0.25, 0.3) is 11.5 Å². The molecule has 2 aliphatic rings. The van der Waals surface area contributed by atoms with Gasteiger partial charge in [-0.05, 0) is 39.5 Å². The Labute approximate surface area is 151 Å². The van der Waals surface area contributed by atoms with E-state index in [1.54, 1.807) is 13.0 Å². The fraction of sp³-hybridized carbons (Fsp3) is 0.556. The summed E-state index contributed by atoms with van der Waals surface area (Å²) < 4.78 is 5.24. The first-order chi connectivity index (χ1) is 12.5. The second-order valence-corrected chi connectivity index (χ2v) is 7.22. The van der Waals surface area contributed by atoms with Gasteiger partial charge in [-0.1, -0.05) is 5.16 Å². The van der Waals surface area contributed by atoms with E-state index < -0.39 is 0 Å². The van der Waals surface area contributed by atoms with Crippen LogP contribution < -0.4 is 15.8 Å². The number of rotatable bonds is 4. The molecule has 0 bridgehead atoms. The number of hydrogen-bond acceptors (Lipinski definition) is 6. The van der Waals surface area contributed by atoms with Crippen molar-refractivity contribution in [2.45, 2.75) is 51.5 Å². The number of aromatic nitrogens is 3. The highest BCUT2D eigenvalue weighted by Crippen LogP contribution is 2.40. The minimum atomic E-state index is -0.184. The van der Waals surface area contributed by atoms with Crippen LogP contribution in [-0.4, -0.2) is 40.2 Å². The zero-order chi connectivity index (χ0) is 18.3. The second kappa shape index (κ2) is 6.59. The number of hydrogen-bond donors (Lipinski definition) is 2. The van der Waals surface area contributed by atoms with E-state index in [0.29, 0.717) is 23.1 Å². The zero-order valence-corrected chi connectivity index (χ0v) is 15.0. The summed E-state index contributed by atoms with van der Waals surface area (Å²) in [6.45, 7) is 5.06. The summed E-state index contributed by atoms with van der Waals surface area (Å²) in [6, 6.07) is 1.84. The van der Waals surface area contributed by atoms with Crippen molar-refractivity contribution in [1.29, 1.82) is 0 Å². The number of aryl methyl sites for hydroxylation is 1. The number of carbonyl (C=O) groups excluding carboxylic acids is 1. The Morgan fingerprint density at radius 3 is 2.65 bits per heavy atom. The van der Waals surface area contributed by atoms with Gasteiger partial charge in [0.2, 0.25) is 5.95 Å². The van der Waals surface area contributed by atoms with Crippen molar-refractivity contribution in [1.82, 2.24) is 20.4 Å². The molecule has 3 heterocycles. The molecule has 4 rings (SSSR count). The van der Waals surface area contributed by atoms with Gasteiger partial charge in [0.05, 0.1) is 0 Å². The smallest absolute Gasteiger partial charge is 0.273 e.